The quantitative estimate of drug-likeness (QED) is 0.611. The van der Waals surface area contributed by atoms with Crippen molar-refractivity contribution in [3.05, 3.63) is 5.82 Å². The second kappa shape index (κ2) is 2.75. The molecule has 2 rings (SSSR count). The number of fused-ring (bicyclic) bond motifs is 1. The minimum atomic E-state index is -0.0872. The van der Waals surface area contributed by atoms with E-state index in [1.54, 1.807) is 4.68 Å². The number of aromatic nitrogens is 3. The van der Waals surface area contributed by atoms with E-state index in [1.165, 1.54) is 0 Å². The number of nitrogens with zero attached hydrogens (tertiary/aromatic N) is 3. The Bertz CT molecular complexity index is 283. The Balaban J connectivity index is 2.28. The van der Waals surface area contributed by atoms with Gasteiger partial charge in [0.25, 0.3) is 0 Å². The molecule has 2 N–H and O–H groups in total. The zero-order valence-corrected chi connectivity index (χ0v) is 6.99. The van der Waals surface area contributed by atoms with Crippen LogP contribution in [0.25, 0.3) is 0 Å². The molecule has 1 aliphatic heterocycles. The van der Waals surface area contributed by atoms with Gasteiger partial charge >= 0.3 is 0 Å². The van der Waals surface area contributed by atoms with Gasteiger partial charge in [0.1, 0.15) is 6.61 Å². The van der Waals surface area contributed by atoms with Crippen molar-refractivity contribution in [3.8, 4) is 0 Å². The fourth-order valence-corrected chi connectivity index (χ4v) is 1.34. The van der Waals surface area contributed by atoms with E-state index in [4.69, 9.17) is 5.11 Å². The van der Waals surface area contributed by atoms with E-state index >= 15 is 0 Å². The Kier molecular flexibility index (Phi) is 1.73. The summed E-state index contributed by atoms with van der Waals surface area (Å²) in [5, 5.41) is 16.0. The third kappa shape index (κ3) is 1.16. The SMILES string of the molecule is CC1CNc2nc(CO)nn2C1. The summed E-state index contributed by atoms with van der Waals surface area (Å²) in [5.74, 6) is 1.84. The van der Waals surface area contributed by atoms with Gasteiger partial charge in [0, 0.05) is 13.1 Å². The van der Waals surface area contributed by atoms with Crippen LogP contribution >= 0.6 is 0 Å². The first kappa shape index (κ1) is 7.54. The highest BCUT2D eigenvalue weighted by atomic mass is 16.3. The molecule has 1 aromatic rings. The lowest BCUT2D eigenvalue weighted by Crippen LogP contribution is -2.25. The van der Waals surface area contributed by atoms with Crippen molar-refractivity contribution in [1.29, 1.82) is 0 Å². The third-order valence-electron chi connectivity index (χ3n) is 1.95. The van der Waals surface area contributed by atoms with Crippen molar-refractivity contribution in [2.24, 2.45) is 5.92 Å². The molecule has 12 heavy (non-hydrogen) atoms. The monoisotopic (exact) mass is 168 g/mol. The number of aliphatic hydroxyl groups excluding tert-OH is 1. The maximum atomic E-state index is 8.79. The molecule has 5 heteroatoms. The van der Waals surface area contributed by atoms with Crippen molar-refractivity contribution >= 4 is 5.95 Å². The van der Waals surface area contributed by atoms with E-state index < -0.39 is 0 Å². The summed E-state index contributed by atoms with van der Waals surface area (Å²) in [4.78, 5) is 4.09. The Hall–Kier alpha value is -1.10. The van der Waals surface area contributed by atoms with E-state index in [0.29, 0.717) is 11.7 Å². The highest BCUT2D eigenvalue weighted by Crippen LogP contribution is 2.14. The van der Waals surface area contributed by atoms with Crippen molar-refractivity contribution in [3.63, 3.8) is 0 Å². The van der Waals surface area contributed by atoms with Crippen LogP contribution in [-0.2, 0) is 13.2 Å². The molecule has 0 aliphatic carbocycles. The van der Waals surface area contributed by atoms with Gasteiger partial charge in [0.15, 0.2) is 5.82 Å². The van der Waals surface area contributed by atoms with Gasteiger partial charge in [0.2, 0.25) is 5.95 Å². The highest BCUT2D eigenvalue weighted by Gasteiger charge is 2.17. The minimum Gasteiger partial charge on any atom is -0.388 e. The molecule has 0 radical (unpaired) electrons. The first-order valence-electron chi connectivity index (χ1n) is 4.08. The van der Waals surface area contributed by atoms with E-state index in [1.807, 2.05) is 0 Å². The fourth-order valence-electron chi connectivity index (χ4n) is 1.34. The van der Waals surface area contributed by atoms with Crippen LogP contribution in [0.3, 0.4) is 0 Å². The Morgan fingerprint density at radius 3 is 3.33 bits per heavy atom. The van der Waals surface area contributed by atoms with Crippen molar-refractivity contribution in [1.82, 2.24) is 14.8 Å². The number of nitrogens with one attached hydrogen (secondary N) is 1. The molecule has 66 valence electrons. The minimum absolute atomic E-state index is 0.0872. The molecule has 1 aromatic heterocycles. The molecule has 0 fully saturated rings. The number of hydrogen-bond acceptors (Lipinski definition) is 4. The van der Waals surface area contributed by atoms with Gasteiger partial charge in [-0.25, -0.2) is 4.68 Å². The summed E-state index contributed by atoms with van der Waals surface area (Å²) in [6.45, 7) is 3.88. The summed E-state index contributed by atoms with van der Waals surface area (Å²) < 4.78 is 1.81. The first-order valence-corrected chi connectivity index (χ1v) is 4.08. The lowest BCUT2D eigenvalue weighted by molar-refractivity contribution is 0.270. The third-order valence-corrected chi connectivity index (χ3v) is 1.95. The molecular weight excluding hydrogens is 156 g/mol. The number of rotatable bonds is 1. The van der Waals surface area contributed by atoms with Crippen molar-refractivity contribution in [2.45, 2.75) is 20.1 Å². The average molecular weight is 168 g/mol. The van der Waals surface area contributed by atoms with Gasteiger partial charge in [0.05, 0.1) is 0 Å². The molecule has 0 aromatic carbocycles. The van der Waals surface area contributed by atoms with Crippen LogP contribution in [0.4, 0.5) is 5.95 Å². The molecule has 1 atom stereocenters. The van der Waals surface area contributed by atoms with Crippen molar-refractivity contribution < 1.29 is 5.11 Å². The lowest BCUT2D eigenvalue weighted by Gasteiger charge is -2.19. The molecule has 1 aliphatic rings. The molecule has 5 nitrogen and oxygen atoms in total. The number of hydrogen-bond donors (Lipinski definition) is 2. The summed E-state index contributed by atoms with van der Waals surface area (Å²) in [6, 6.07) is 0. The second-order valence-electron chi connectivity index (χ2n) is 3.18. The van der Waals surface area contributed by atoms with Gasteiger partial charge < -0.3 is 10.4 Å². The van der Waals surface area contributed by atoms with Crippen LogP contribution in [0.2, 0.25) is 0 Å². The molecule has 0 saturated carbocycles. The summed E-state index contributed by atoms with van der Waals surface area (Å²) in [7, 11) is 0. The highest BCUT2D eigenvalue weighted by molar-refractivity contribution is 5.26. The molecule has 0 saturated heterocycles. The normalized spacial score (nSPS) is 21.7. The van der Waals surface area contributed by atoms with Crippen LogP contribution in [0.15, 0.2) is 0 Å². The van der Waals surface area contributed by atoms with Gasteiger partial charge in [-0.15, -0.1) is 0 Å². The summed E-state index contributed by atoms with van der Waals surface area (Å²) in [6.07, 6.45) is 0. The van der Waals surface area contributed by atoms with E-state index in [-0.39, 0.29) is 6.61 Å². The largest absolute Gasteiger partial charge is 0.388 e. The topological polar surface area (TPSA) is 63.0 Å². The molecule has 2 heterocycles. The summed E-state index contributed by atoms with van der Waals surface area (Å²) in [5.41, 5.74) is 0. The van der Waals surface area contributed by atoms with E-state index in [9.17, 15) is 0 Å². The molecule has 1 unspecified atom stereocenters. The zero-order chi connectivity index (χ0) is 8.55. The van der Waals surface area contributed by atoms with Gasteiger partial charge in [-0.1, -0.05) is 6.92 Å². The van der Waals surface area contributed by atoms with Gasteiger partial charge in [-0.3, -0.25) is 0 Å². The van der Waals surface area contributed by atoms with Crippen molar-refractivity contribution in [2.75, 3.05) is 11.9 Å². The maximum Gasteiger partial charge on any atom is 0.221 e. The van der Waals surface area contributed by atoms with Gasteiger partial charge in [-0.2, -0.15) is 10.1 Å². The predicted octanol–water partition coefficient (Wildman–Crippen LogP) is -0.168. The second-order valence-corrected chi connectivity index (χ2v) is 3.18. The Morgan fingerprint density at radius 1 is 1.75 bits per heavy atom. The van der Waals surface area contributed by atoms with E-state index in [0.717, 1.165) is 19.0 Å². The smallest absolute Gasteiger partial charge is 0.221 e. The molecule has 0 amide bonds. The van der Waals surface area contributed by atoms with Crippen LogP contribution in [-0.4, -0.2) is 26.4 Å². The number of anilines is 1. The Labute approximate surface area is 70.4 Å². The maximum absolute atomic E-state index is 8.79. The molecule has 0 bridgehead atoms. The van der Waals surface area contributed by atoms with Crippen LogP contribution < -0.4 is 5.32 Å². The lowest BCUT2D eigenvalue weighted by atomic mass is 10.1. The van der Waals surface area contributed by atoms with Gasteiger partial charge in [-0.05, 0) is 5.92 Å². The standard InChI is InChI=1S/C7H12N4O/c1-5-2-8-7-9-6(4-12)10-11(7)3-5/h5,12H,2-4H2,1H3,(H,8,9,10). The van der Waals surface area contributed by atoms with Crippen LogP contribution in [0.1, 0.15) is 12.7 Å². The average Bonchev–Trinajstić information content (AvgIpc) is 2.46. The predicted molar refractivity (Wildman–Crippen MR) is 43.6 cm³/mol. The Morgan fingerprint density at radius 2 is 2.58 bits per heavy atom. The zero-order valence-electron chi connectivity index (χ0n) is 6.99. The molecule has 0 spiro atoms. The molecular formula is C7H12N4O. The number of aliphatic hydroxyl groups is 1. The first-order chi connectivity index (χ1) is 5.79. The van der Waals surface area contributed by atoms with Crippen LogP contribution in [0, 0.1) is 5.92 Å². The van der Waals surface area contributed by atoms with E-state index in [2.05, 4.69) is 22.3 Å². The fraction of sp³-hybridized carbons (Fsp3) is 0.714. The van der Waals surface area contributed by atoms with Crippen LogP contribution in [0.5, 0.6) is 0 Å². The summed E-state index contributed by atoms with van der Waals surface area (Å²) >= 11 is 0.